The zero-order valence-corrected chi connectivity index (χ0v) is 10.5. The van der Waals surface area contributed by atoms with E-state index in [-0.39, 0.29) is 6.42 Å². The van der Waals surface area contributed by atoms with E-state index in [1.807, 2.05) is 0 Å². The van der Waals surface area contributed by atoms with Gasteiger partial charge in [0.15, 0.2) is 0 Å². The SMILES string of the molecule is COC(=O)CC(C)(C)C(C)(Cl)C(=O)OC. The molecule has 0 aromatic carbocycles. The molecule has 5 heteroatoms. The van der Waals surface area contributed by atoms with Crippen LogP contribution < -0.4 is 0 Å². The molecule has 0 fully saturated rings. The first kappa shape index (κ1) is 14.2. The quantitative estimate of drug-likeness (QED) is 0.551. The number of esters is 2. The van der Waals surface area contributed by atoms with Gasteiger partial charge in [-0.2, -0.15) is 0 Å². The standard InChI is InChI=1S/C10H17ClO4/c1-9(2,6-7(12)14-4)10(3,11)8(13)15-5/h6H2,1-5H3. The largest absolute Gasteiger partial charge is 0.469 e. The van der Waals surface area contributed by atoms with Crippen LogP contribution in [0.15, 0.2) is 0 Å². The predicted octanol–water partition coefficient (Wildman–Crippen LogP) is 1.75. The van der Waals surface area contributed by atoms with Crippen LogP contribution in [0.1, 0.15) is 27.2 Å². The van der Waals surface area contributed by atoms with E-state index in [1.54, 1.807) is 13.8 Å². The summed E-state index contributed by atoms with van der Waals surface area (Å²) in [4.78, 5) is 21.3. The van der Waals surface area contributed by atoms with Crippen molar-refractivity contribution >= 4 is 23.5 Å². The summed E-state index contributed by atoms with van der Waals surface area (Å²) in [6, 6.07) is 0. The Kier molecular flexibility index (Phi) is 4.59. The molecule has 0 heterocycles. The van der Waals surface area contributed by atoms with Crippen LogP contribution in [-0.2, 0) is 19.1 Å². The van der Waals surface area contributed by atoms with Crippen molar-refractivity contribution in [3.63, 3.8) is 0 Å². The van der Waals surface area contributed by atoms with E-state index in [0.717, 1.165) is 0 Å². The van der Waals surface area contributed by atoms with Crippen LogP contribution >= 0.6 is 11.6 Å². The van der Waals surface area contributed by atoms with Gasteiger partial charge in [-0.25, -0.2) is 0 Å². The molecule has 1 unspecified atom stereocenters. The second kappa shape index (κ2) is 4.84. The van der Waals surface area contributed by atoms with E-state index in [9.17, 15) is 9.59 Å². The van der Waals surface area contributed by atoms with Crippen molar-refractivity contribution in [1.82, 2.24) is 0 Å². The molecule has 0 aliphatic carbocycles. The minimum absolute atomic E-state index is 0.0542. The molecular formula is C10H17ClO4. The van der Waals surface area contributed by atoms with Crippen LogP contribution in [0.5, 0.6) is 0 Å². The molecule has 0 saturated heterocycles. The van der Waals surface area contributed by atoms with Gasteiger partial charge in [-0.3, -0.25) is 9.59 Å². The first-order valence-corrected chi connectivity index (χ1v) is 4.91. The molecule has 0 saturated carbocycles. The number of methoxy groups -OCH3 is 2. The Morgan fingerprint density at radius 3 is 1.93 bits per heavy atom. The third-order valence-corrected chi connectivity index (χ3v) is 3.32. The van der Waals surface area contributed by atoms with Crippen molar-refractivity contribution in [2.45, 2.75) is 32.1 Å². The second-order valence-corrected chi connectivity index (χ2v) is 4.89. The Morgan fingerprint density at radius 2 is 1.60 bits per heavy atom. The van der Waals surface area contributed by atoms with Crippen LogP contribution in [-0.4, -0.2) is 31.0 Å². The zero-order valence-electron chi connectivity index (χ0n) is 9.72. The fourth-order valence-corrected chi connectivity index (χ4v) is 1.21. The monoisotopic (exact) mass is 236 g/mol. The first-order valence-electron chi connectivity index (χ1n) is 4.53. The highest BCUT2D eigenvalue weighted by molar-refractivity contribution is 6.34. The molecule has 0 aromatic rings. The number of hydrogen-bond donors (Lipinski definition) is 0. The summed E-state index contributed by atoms with van der Waals surface area (Å²) in [5.74, 6) is -0.964. The second-order valence-electron chi connectivity index (χ2n) is 4.13. The maximum Gasteiger partial charge on any atom is 0.327 e. The highest BCUT2D eigenvalue weighted by Crippen LogP contribution is 2.40. The van der Waals surface area contributed by atoms with Crippen molar-refractivity contribution in [2.24, 2.45) is 5.41 Å². The summed E-state index contributed by atoms with van der Waals surface area (Å²) in [7, 11) is 2.55. The number of hydrogen-bond acceptors (Lipinski definition) is 4. The van der Waals surface area contributed by atoms with E-state index in [2.05, 4.69) is 9.47 Å². The number of ether oxygens (including phenoxy) is 2. The number of halogens is 1. The molecule has 1 atom stereocenters. The van der Waals surface area contributed by atoms with Crippen LogP contribution in [0.3, 0.4) is 0 Å². The maximum absolute atomic E-state index is 11.4. The Balaban J connectivity index is 4.84. The van der Waals surface area contributed by atoms with Crippen molar-refractivity contribution in [3.8, 4) is 0 Å². The number of carbonyl (C=O) groups is 2. The van der Waals surface area contributed by atoms with E-state index >= 15 is 0 Å². The molecule has 0 spiro atoms. The van der Waals surface area contributed by atoms with Gasteiger partial charge in [0, 0.05) is 5.41 Å². The minimum Gasteiger partial charge on any atom is -0.469 e. The van der Waals surface area contributed by atoms with Gasteiger partial charge in [0.25, 0.3) is 0 Å². The van der Waals surface area contributed by atoms with Gasteiger partial charge in [-0.15, -0.1) is 11.6 Å². The summed E-state index contributed by atoms with van der Waals surface area (Å²) < 4.78 is 9.14. The number of alkyl halides is 1. The lowest BCUT2D eigenvalue weighted by Crippen LogP contribution is -2.46. The van der Waals surface area contributed by atoms with Crippen LogP contribution in [0.2, 0.25) is 0 Å². The smallest absolute Gasteiger partial charge is 0.327 e. The molecule has 0 bridgehead atoms. The van der Waals surface area contributed by atoms with E-state index in [1.165, 1.54) is 21.1 Å². The first-order chi connectivity index (χ1) is 6.69. The molecule has 4 nitrogen and oxygen atoms in total. The Hall–Kier alpha value is -0.770. The third kappa shape index (κ3) is 3.09. The highest BCUT2D eigenvalue weighted by atomic mass is 35.5. The van der Waals surface area contributed by atoms with Crippen molar-refractivity contribution in [1.29, 1.82) is 0 Å². The number of rotatable bonds is 4. The van der Waals surface area contributed by atoms with Gasteiger partial charge in [0.1, 0.15) is 4.87 Å². The molecular weight excluding hydrogens is 220 g/mol. The van der Waals surface area contributed by atoms with Crippen molar-refractivity contribution < 1.29 is 19.1 Å². The summed E-state index contributed by atoms with van der Waals surface area (Å²) >= 11 is 6.10. The highest BCUT2D eigenvalue weighted by Gasteiger charge is 2.48. The summed E-state index contributed by atoms with van der Waals surface area (Å²) in [5.41, 5.74) is -0.741. The Labute approximate surface area is 94.9 Å². The summed E-state index contributed by atoms with van der Waals surface area (Å²) in [6.07, 6.45) is 0.0542. The summed E-state index contributed by atoms with van der Waals surface area (Å²) in [5, 5.41) is 0. The summed E-state index contributed by atoms with van der Waals surface area (Å²) in [6.45, 7) is 4.96. The average Bonchev–Trinajstić information content (AvgIpc) is 2.15. The van der Waals surface area contributed by atoms with Crippen LogP contribution in [0, 0.1) is 5.41 Å². The van der Waals surface area contributed by atoms with E-state index < -0.39 is 22.2 Å². The van der Waals surface area contributed by atoms with Crippen molar-refractivity contribution in [3.05, 3.63) is 0 Å². The third-order valence-electron chi connectivity index (χ3n) is 2.65. The maximum atomic E-state index is 11.4. The van der Waals surface area contributed by atoms with Crippen LogP contribution in [0.4, 0.5) is 0 Å². The Morgan fingerprint density at radius 1 is 1.13 bits per heavy atom. The normalized spacial score (nSPS) is 15.3. The topological polar surface area (TPSA) is 52.6 Å². The molecule has 0 amide bonds. The van der Waals surface area contributed by atoms with Crippen LogP contribution in [0.25, 0.3) is 0 Å². The van der Waals surface area contributed by atoms with Crippen molar-refractivity contribution in [2.75, 3.05) is 14.2 Å². The van der Waals surface area contributed by atoms with Gasteiger partial charge in [0.2, 0.25) is 0 Å². The molecule has 0 radical (unpaired) electrons. The molecule has 0 N–H and O–H groups in total. The van der Waals surface area contributed by atoms with E-state index in [0.29, 0.717) is 0 Å². The fourth-order valence-electron chi connectivity index (χ4n) is 1.07. The van der Waals surface area contributed by atoms with Gasteiger partial charge < -0.3 is 9.47 Å². The molecule has 0 aliphatic heterocycles. The predicted molar refractivity (Wildman–Crippen MR) is 56.7 cm³/mol. The lowest BCUT2D eigenvalue weighted by molar-refractivity contribution is -0.150. The molecule has 0 rings (SSSR count). The van der Waals surface area contributed by atoms with Gasteiger partial charge in [-0.05, 0) is 6.92 Å². The average molecular weight is 237 g/mol. The number of carbonyl (C=O) groups excluding carboxylic acids is 2. The zero-order chi connectivity index (χ0) is 12.3. The van der Waals surface area contributed by atoms with E-state index in [4.69, 9.17) is 11.6 Å². The Bertz CT molecular complexity index is 258. The lowest BCUT2D eigenvalue weighted by Gasteiger charge is -2.35. The minimum atomic E-state index is -1.25. The molecule has 15 heavy (non-hydrogen) atoms. The lowest BCUT2D eigenvalue weighted by atomic mass is 9.76. The van der Waals surface area contributed by atoms with Gasteiger partial charge >= 0.3 is 11.9 Å². The molecule has 0 aromatic heterocycles. The molecule has 88 valence electrons. The van der Waals surface area contributed by atoms with Gasteiger partial charge in [0.05, 0.1) is 20.6 Å². The molecule has 0 aliphatic rings. The van der Waals surface area contributed by atoms with Gasteiger partial charge in [-0.1, -0.05) is 13.8 Å². The fraction of sp³-hybridized carbons (Fsp3) is 0.800.